The summed E-state index contributed by atoms with van der Waals surface area (Å²) in [7, 11) is 1.74. The smallest absolute Gasteiger partial charge is 0.125 e. The molecular weight excluding hydrogens is 278 g/mol. The largest absolute Gasteiger partial charge is 0.379 e. The van der Waals surface area contributed by atoms with Crippen LogP contribution < -0.4 is 5.32 Å². The summed E-state index contributed by atoms with van der Waals surface area (Å²) >= 11 is 0. The molecule has 2 aromatic heterocycles. The highest BCUT2D eigenvalue weighted by Gasteiger charge is 2.25. The zero-order valence-corrected chi connectivity index (χ0v) is 12.7. The van der Waals surface area contributed by atoms with Crippen LogP contribution in [0.2, 0.25) is 0 Å². The predicted octanol–water partition coefficient (Wildman–Crippen LogP) is 2.61. The number of methoxy groups -OCH3 is 1. The van der Waals surface area contributed by atoms with Crippen molar-refractivity contribution in [1.29, 1.82) is 0 Å². The summed E-state index contributed by atoms with van der Waals surface area (Å²) in [4.78, 5) is 8.52. The van der Waals surface area contributed by atoms with Crippen LogP contribution in [0.4, 0.5) is 5.82 Å². The molecule has 22 heavy (non-hydrogen) atoms. The van der Waals surface area contributed by atoms with Crippen LogP contribution >= 0.6 is 0 Å². The molecule has 116 valence electrons. The van der Waals surface area contributed by atoms with Crippen molar-refractivity contribution in [2.45, 2.75) is 12.5 Å². The molecule has 0 aliphatic carbocycles. The van der Waals surface area contributed by atoms with Crippen LogP contribution in [0.1, 0.15) is 6.42 Å². The van der Waals surface area contributed by atoms with E-state index >= 15 is 0 Å². The van der Waals surface area contributed by atoms with Crippen molar-refractivity contribution in [2.75, 3.05) is 32.2 Å². The molecule has 1 aliphatic heterocycles. The van der Waals surface area contributed by atoms with Gasteiger partial charge in [0.05, 0.1) is 12.7 Å². The molecule has 0 saturated carbocycles. The predicted molar refractivity (Wildman–Crippen MR) is 85.7 cm³/mol. The maximum absolute atomic E-state index is 5.48. The minimum Gasteiger partial charge on any atom is -0.379 e. The Morgan fingerprint density at radius 1 is 1.23 bits per heavy atom. The van der Waals surface area contributed by atoms with Gasteiger partial charge in [-0.1, -0.05) is 0 Å². The van der Waals surface area contributed by atoms with Gasteiger partial charge in [-0.15, -0.1) is 0 Å². The fourth-order valence-electron chi connectivity index (χ4n) is 2.70. The minimum absolute atomic E-state index is 0.164. The fourth-order valence-corrected chi connectivity index (χ4v) is 2.70. The van der Waals surface area contributed by atoms with E-state index in [4.69, 9.17) is 9.47 Å². The van der Waals surface area contributed by atoms with Crippen LogP contribution in [0, 0.1) is 5.92 Å². The fraction of sp³-hybridized carbons (Fsp3) is 0.412. The van der Waals surface area contributed by atoms with Gasteiger partial charge in [0, 0.05) is 50.3 Å². The van der Waals surface area contributed by atoms with Crippen molar-refractivity contribution < 1.29 is 9.47 Å². The molecule has 0 bridgehead atoms. The molecule has 1 aliphatic rings. The Balaban J connectivity index is 1.59. The third-order valence-corrected chi connectivity index (χ3v) is 4.07. The summed E-state index contributed by atoms with van der Waals surface area (Å²) in [5.41, 5.74) is 2.21. The first kappa shape index (κ1) is 14.9. The number of nitrogens with zero attached hydrogens (tertiary/aromatic N) is 2. The molecule has 0 amide bonds. The Kier molecular flexibility index (Phi) is 4.98. The van der Waals surface area contributed by atoms with E-state index in [9.17, 15) is 0 Å². The van der Waals surface area contributed by atoms with Crippen LogP contribution in [0.3, 0.4) is 0 Å². The summed E-state index contributed by atoms with van der Waals surface area (Å²) in [6, 6.07) is 8.05. The average molecular weight is 299 g/mol. The summed E-state index contributed by atoms with van der Waals surface area (Å²) in [5.74, 6) is 1.35. The molecule has 0 aromatic carbocycles. The van der Waals surface area contributed by atoms with E-state index in [0.29, 0.717) is 12.5 Å². The number of rotatable bonds is 5. The molecule has 3 heterocycles. The molecule has 3 rings (SSSR count). The second-order valence-corrected chi connectivity index (χ2v) is 5.45. The van der Waals surface area contributed by atoms with Crippen LogP contribution in [0.15, 0.2) is 42.9 Å². The van der Waals surface area contributed by atoms with Gasteiger partial charge in [0.15, 0.2) is 0 Å². The number of ether oxygens (including phenoxy) is 2. The topological polar surface area (TPSA) is 56.3 Å². The number of aromatic nitrogens is 2. The lowest BCUT2D eigenvalue weighted by Gasteiger charge is -2.30. The molecule has 1 fully saturated rings. The lowest BCUT2D eigenvalue weighted by molar-refractivity contribution is -0.0615. The SMILES string of the molecule is COC1COCCC1CNc1ccc(-c2ccncc2)cn1. The van der Waals surface area contributed by atoms with Gasteiger partial charge in [0.1, 0.15) is 5.82 Å². The van der Waals surface area contributed by atoms with Crippen molar-refractivity contribution in [3.05, 3.63) is 42.9 Å². The van der Waals surface area contributed by atoms with Gasteiger partial charge in [-0.05, 0) is 36.2 Å². The normalized spacial score (nSPS) is 21.5. The molecule has 5 heteroatoms. The molecule has 0 radical (unpaired) electrons. The van der Waals surface area contributed by atoms with Gasteiger partial charge in [-0.3, -0.25) is 4.98 Å². The number of hydrogen-bond donors (Lipinski definition) is 1. The van der Waals surface area contributed by atoms with Crippen LogP contribution in [0.5, 0.6) is 0 Å². The maximum atomic E-state index is 5.48. The van der Waals surface area contributed by atoms with Crippen molar-refractivity contribution in [1.82, 2.24) is 9.97 Å². The van der Waals surface area contributed by atoms with Gasteiger partial charge in [-0.25, -0.2) is 4.98 Å². The first-order chi connectivity index (χ1) is 10.9. The minimum atomic E-state index is 0.164. The zero-order valence-electron chi connectivity index (χ0n) is 12.7. The first-order valence-corrected chi connectivity index (χ1v) is 7.57. The highest BCUT2D eigenvalue weighted by atomic mass is 16.5. The summed E-state index contributed by atoms with van der Waals surface area (Å²) in [6.45, 7) is 2.33. The van der Waals surface area contributed by atoms with Crippen LogP contribution in [-0.2, 0) is 9.47 Å². The van der Waals surface area contributed by atoms with E-state index in [0.717, 1.165) is 36.5 Å². The molecule has 5 nitrogen and oxygen atoms in total. The zero-order chi connectivity index (χ0) is 15.2. The lowest BCUT2D eigenvalue weighted by atomic mass is 9.97. The van der Waals surface area contributed by atoms with Crippen molar-refractivity contribution in [2.24, 2.45) is 5.92 Å². The Labute approximate surface area is 130 Å². The van der Waals surface area contributed by atoms with E-state index in [1.54, 1.807) is 19.5 Å². The first-order valence-electron chi connectivity index (χ1n) is 7.57. The second kappa shape index (κ2) is 7.33. The third kappa shape index (κ3) is 3.61. The van der Waals surface area contributed by atoms with Gasteiger partial charge in [-0.2, -0.15) is 0 Å². The monoisotopic (exact) mass is 299 g/mol. The number of nitrogens with one attached hydrogen (secondary N) is 1. The van der Waals surface area contributed by atoms with E-state index in [1.165, 1.54) is 0 Å². The van der Waals surface area contributed by atoms with Gasteiger partial charge < -0.3 is 14.8 Å². The maximum Gasteiger partial charge on any atom is 0.125 e. The van der Waals surface area contributed by atoms with E-state index in [2.05, 4.69) is 21.4 Å². The van der Waals surface area contributed by atoms with E-state index in [1.807, 2.05) is 24.4 Å². The third-order valence-electron chi connectivity index (χ3n) is 4.07. The van der Waals surface area contributed by atoms with Gasteiger partial charge in [0.2, 0.25) is 0 Å². The molecular formula is C17H21N3O2. The quantitative estimate of drug-likeness (QED) is 0.919. The number of hydrogen-bond acceptors (Lipinski definition) is 5. The van der Waals surface area contributed by atoms with Crippen molar-refractivity contribution >= 4 is 5.82 Å². The Morgan fingerprint density at radius 3 is 2.82 bits per heavy atom. The number of anilines is 1. The van der Waals surface area contributed by atoms with Crippen LogP contribution in [-0.4, -0.2) is 42.9 Å². The molecule has 2 atom stereocenters. The highest BCUT2D eigenvalue weighted by molar-refractivity contribution is 5.62. The molecule has 1 N–H and O–H groups in total. The Morgan fingerprint density at radius 2 is 2.09 bits per heavy atom. The van der Waals surface area contributed by atoms with Gasteiger partial charge >= 0.3 is 0 Å². The average Bonchev–Trinajstić information content (AvgIpc) is 2.61. The molecule has 2 unspecified atom stereocenters. The highest BCUT2D eigenvalue weighted by Crippen LogP contribution is 2.21. The number of pyridine rings is 2. The second-order valence-electron chi connectivity index (χ2n) is 5.45. The summed E-state index contributed by atoms with van der Waals surface area (Å²) in [5, 5.41) is 3.40. The van der Waals surface area contributed by atoms with E-state index < -0.39 is 0 Å². The van der Waals surface area contributed by atoms with Crippen LogP contribution in [0.25, 0.3) is 11.1 Å². The molecule has 0 spiro atoms. The summed E-state index contributed by atoms with van der Waals surface area (Å²) < 4.78 is 10.9. The van der Waals surface area contributed by atoms with Crippen molar-refractivity contribution in [3.63, 3.8) is 0 Å². The molecule has 1 saturated heterocycles. The standard InChI is InChI=1S/C17H21N3O2/c1-21-16-12-22-9-6-15(16)11-20-17-3-2-14(10-19-17)13-4-7-18-8-5-13/h2-5,7-8,10,15-16H,6,9,11-12H2,1H3,(H,19,20). The van der Waals surface area contributed by atoms with Crippen molar-refractivity contribution in [3.8, 4) is 11.1 Å². The Bertz CT molecular complexity index is 574. The lowest BCUT2D eigenvalue weighted by Crippen LogP contribution is -2.37. The Hall–Kier alpha value is -1.98. The summed E-state index contributed by atoms with van der Waals surface area (Å²) in [6.07, 6.45) is 6.64. The van der Waals surface area contributed by atoms with Gasteiger partial charge in [0.25, 0.3) is 0 Å². The molecule has 2 aromatic rings. The van der Waals surface area contributed by atoms with E-state index in [-0.39, 0.29) is 6.10 Å².